The fraction of sp³-hybridized carbons (Fsp3) is 0.600. The van der Waals surface area contributed by atoms with Gasteiger partial charge in [-0.3, -0.25) is 0 Å². The van der Waals surface area contributed by atoms with Crippen LogP contribution in [0.1, 0.15) is 87.0 Å². The summed E-state index contributed by atoms with van der Waals surface area (Å²) in [5.74, 6) is -0.226. The minimum atomic E-state index is -2.83. The SMILES string of the molecule is CCC[CH2][Sn](/[CH]=C/[C@H](O[Si](c1ccccc1)(c1ccccc1)C(C)(C)C)[C@H](C)C(O)CO)([CH2]CCC)[CH2]CCC. The zero-order valence-electron chi connectivity index (χ0n) is 26.5. The molecule has 5 heteroatoms. The van der Waals surface area contributed by atoms with Crippen molar-refractivity contribution in [3.63, 3.8) is 0 Å². The molecular weight excluding hydrogens is 615 g/mol. The van der Waals surface area contributed by atoms with Crippen molar-refractivity contribution < 1.29 is 14.6 Å². The molecule has 0 aromatic heterocycles. The fourth-order valence-electron chi connectivity index (χ4n) is 6.11. The topological polar surface area (TPSA) is 49.7 Å². The van der Waals surface area contributed by atoms with Gasteiger partial charge in [0.1, 0.15) is 0 Å². The molecule has 2 rings (SSSR count). The van der Waals surface area contributed by atoms with Gasteiger partial charge in [0.25, 0.3) is 0 Å². The minimum absolute atomic E-state index is 0.154. The van der Waals surface area contributed by atoms with E-state index in [0.29, 0.717) is 0 Å². The number of benzene rings is 2. The first-order valence-electron chi connectivity index (χ1n) is 15.9. The Morgan fingerprint density at radius 3 is 1.57 bits per heavy atom. The Labute approximate surface area is 251 Å². The second-order valence-electron chi connectivity index (χ2n) is 12.9. The van der Waals surface area contributed by atoms with E-state index in [2.05, 4.69) is 119 Å². The van der Waals surface area contributed by atoms with E-state index in [4.69, 9.17) is 4.43 Å². The van der Waals surface area contributed by atoms with Gasteiger partial charge in [-0.1, -0.05) is 0 Å². The van der Waals surface area contributed by atoms with Crippen molar-refractivity contribution in [2.75, 3.05) is 6.61 Å². The molecule has 0 bridgehead atoms. The summed E-state index contributed by atoms with van der Waals surface area (Å²) in [7, 11) is -2.83. The molecule has 2 aromatic rings. The molecule has 3 atom stereocenters. The van der Waals surface area contributed by atoms with Crippen LogP contribution in [0.5, 0.6) is 0 Å². The van der Waals surface area contributed by atoms with Crippen LogP contribution in [0.4, 0.5) is 0 Å². The average molecular weight is 674 g/mol. The number of rotatable bonds is 18. The van der Waals surface area contributed by atoms with Crippen LogP contribution in [0.2, 0.25) is 18.3 Å². The Hall–Kier alpha value is -0.924. The molecule has 0 aliphatic rings. The van der Waals surface area contributed by atoms with Crippen molar-refractivity contribution >= 4 is 37.1 Å². The van der Waals surface area contributed by atoms with E-state index in [0.717, 1.165) is 0 Å². The third-order valence-corrected chi connectivity index (χ3v) is 27.9. The van der Waals surface area contributed by atoms with Gasteiger partial charge in [-0.25, -0.2) is 0 Å². The van der Waals surface area contributed by atoms with Crippen molar-refractivity contribution in [1.29, 1.82) is 0 Å². The van der Waals surface area contributed by atoms with E-state index in [9.17, 15) is 10.2 Å². The maximum atomic E-state index is 11.0. The van der Waals surface area contributed by atoms with E-state index in [1.807, 2.05) is 0 Å². The molecule has 0 amide bonds. The van der Waals surface area contributed by atoms with Crippen LogP contribution in [-0.2, 0) is 4.43 Å². The summed E-state index contributed by atoms with van der Waals surface area (Å²) in [6, 6.07) is 21.5. The van der Waals surface area contributed by atoms with Crippen LogP contribution >= 0.6 is 0 Å². The molecular formula is C35H58O3SiSn. The van der Waals surface area contributed by atoms with Crippen molar-refractivity contribution in [1.82, 2.24) is 0 Å². The molecule has 0 spiro atoms. The van der Waals surface area contributed by atoms with E-state index in [1.54, 1.807) is 0 Å². The summed E-state index contributed by atoms with van der Waals surface area (Å²) >= 11 is -2.61. The summed E-state index contributed by atoms with van der Waals surface area (Å²) in [5, 5.41) is 23.3. The molecule has 0 heterocycles. The summed E-state index contributed by atoms with van der Waals surface area (Å²) in [4.78, 5) is 0. The van der Waals surface area contributed by atoms with Crippen LogP contribution in [-0.4, -0.2) is 55.7 Å². The number of unbranched alkanes of at least 4 members (excludes halogenated alkanes) is 3. The van der Waals surface area contributed by atoms with Crippen LogP contribution in [0.25, 0.3) is 0 Å². The van der Waals surface area contributed by atoms with Crippen LogP contribution in [0, 0.1) is 5.92 Å². The zero-order chi connectivity index (χ0) is 29.7. The Kier molecular flexibility index (Phi) is 15.2. The fourth-order valence-corrected chi connectivity index (χ4v) is 25.2. The van der Waals surface area contributed by atoms with Gasteiger partial charge >= 0.3 is 253 Å². The van der Waals surface area contributed by atoms with Crippen LogP contribution in [0.3, 0.4) is 0 Å². The van der Waals surface area contributed by atoms with Crippen LogP contribution in [0.15, 0.2) is 70.8 Å². The summed E-state index contributed by atoms with van der Waals surface area (Å²) < 4.78 is 14.4. The van der Waals surface area contributed by atoms with Gasteiger partial charge in [-0.05, 0) is 0 Å². The van der Waals surface area contributed by atoms with Gasteiger partial charge in [0.15, 0.2) is 0 Å². The number of hydrogen-bond donors (Lipinski definition) is 2. The van der Waals surface area contributed by atoms with E-state index >= 15 is 0 Å². The second kappa shape index (κ2) is 17.3. The molecule has 0 aliphatic heterocycles. The van der Waals surface area contributed by atoms with Crippen molar-refractivity contribution in [2.45, 2.75) is 118 Å². The Balaban J connectivity index is 2.74. The van der Waals surface area contributed by atoms with Gasteiger partial charge in [0.2, 0.25) is 0 Å². The first-order valence-corrected chi connectivity index (χ1v) is 25.5. The standard InChI is InChI=1S/C23H31O3Si.3C4H9.Sn/c1-6-22(18(2)21(25)17-24)26-27(23(3,4)5,19-13-9-7-10-14-19)20-15-11-8-12-16-20;3*1-3-4-2;/h1,6-16,18,21-22,24-25H,17H2,2-5H3;3*1,3-4H2,2H3;/t18-,21?,22+;;;;/m1..../s1. The number of aliphatic hydroxyl groups is 2. The van der Waals surface area contributed by atoms with Crippen molar-refractivity contribution in [3.05, 3.63) is 70.8 Å². The molecule has 3 nitrogen and oxygen atoms in total. The van der Waals surface area contributed by atoms with E-state index in [1.165, 1.54) is 62.2 Å². The van der Waals surface area contributed by atoms with E-state index in [-0.39, 0.29) is 23.7 Å². The van der Waals surface area contributed by atoms with Gasteiger partial charge in [-0.2, -0.15) is 0 Å². The second-order valence-corrected chi connectivity index (χ2v) is 30.1. The quantitative estimate of drug-likeness (QED) is 0.159. The maximum absolute atomic E-state index is 11.0. The molecule has 224 valence electrons. The Morgan fingerprint density at radius 1 is 0.800 bits per heavy atom. The molecule has 40 heavy (non-hydrogen) atoms. The molecule has 2 N–H and O–H groups in total. The van der Waals surface area contributed by atoms with Gasteiger partial charge in [0, 0.05) is 0 Å². The van der Waals surface area contributed by atoms with Gasteiger partial charge in [0.05, 0.1) is 0 Å². The normalized spacial score (nSPS) is 15.3. The molecule has 0 radical (unpaired) electrons. The monoisotopic (exact) mass is 674 g/mol. The predicted octanol–water partition coefficient (Wildman–Crippen LogP) is 7.87. The molecule has 0 saturated carbocycles. The third kappa shape index (κ3) is 9.29. The van der Waals surface area contributed by atoms with E-state index < -0.39 is 32.8 Å². The zero-order valence-corrected chi connectivity index (χ0v) is 30.4. The van der Waals surface area contributed by atoms with Gasteiger partial charge < -0.3 is 0 Å². The molecule has 0 fully saturated rings. The summed E-state index contributed by atoms with van der Waals surface area (Å²) in [5.41, 5.74) is 0. The number of hydrogen-bond acceptors (Lipinski definition) is 3. The van der Waals surface area contributed by atoms with Crippen molar-refractivity contribution in [2.24, 2.45) is 5.92 Å². The summed E-state index contributed by atoms with van der Waals surface area (Å²) in [6.45, 7) is 15.7. The first-order chi connectivity index (χ1) is 19.1. The van der Waals surface area contributed by atoms with Crippen molar-refractivity contribution in [3.8, 4) is 0 Å². The third-order valence-electron chi connectivity index (χ3n) is 8.77. The Bertz CT molecular complexity index is 912. The predicted molar refractivity (Wildman–Crippen MR) is 179 cm³/mol. The van der Waals surface area contributed by atoms with Crippen LogP contribution < -0.4 is 10.4 Å². The Morgan fingerprint density at radius 2 is 1.23 bits per heavy atom. The number of aliphatic hydroxyl groups excluding tert-OH is 2. The average Bonchev–Trinajstić information content (AvgIpc) is 2.97. The van der Waals surface area contributed by atoms with Gasteiger partial charge in [-0.15, -0.1) is 0 Å². The first kappa shape index (κ1) is 35.3. The summed E-state index contributed by atoms with van der Waals surface area (Å²) in [6.07, 6.45) is 8.91. The molecule has 2 aromatic carbocycles. The molecule has 1 unspecified atom stereocenters. The molecule has 0 saturated heterocycles. The molecule has 0 aliphatic carbocycles.